The molecule has 0 aromatic carbocycles. The van der Waals surface area contributed by atoms with Crippen molar-refractivity contribution in [3.05, 3.63) is 42.2 Å². The predicted octanol–water partition coefficient (Wildman–Crippen LogP) is 1.38. The van der Waals surface area contributed by atoms with E-state index in [1.165, 1.54) is 12.6 Å². The first-order valence-electron chi connectivity index (χ1n) is 7.18. The number of carbonyl (C=O) groups is 1. The van der Waals surface area contributed by atoms with Crippen molar-refractivity contribution in [2.24, 2.45) is 0 Å². The molecule has 2 atom stereocenters. The van der Waals surface area contributed by atoms with Crippen LogP contribution in [0.25, 0.3) is 0 Å². The highest BCUT2D eigenvalue weighted by atomic mass is 16.5. The molecule has 1 fully saturated rings. The maximum atomic E-state index is 12.3. The van der Waals surface area contributed by atoms with Crippen LogP contribution in [0.5, 0.6) is 0 Å². The van der Waals surface area contributed by atoms with E-state index in [0.29, 0.717) is 24.6 Å². The summed E-state index contributed by atoms with van der Waals surface area (Å²) in [6.45, 7) is 2.98. The number of aromatic nitrogens is 2. The number of aryl methyl sites for hydroxylation is 1. The van der Waals surface area contributed by atoms with Gasteiger partial charge in [-0.25, -0.2) is 9.97 Å². The minimum atomic E-state index is -0.132. The van der Waals surface area contributed by atoms with Gasteiger partial charge in [0.15, 0.2) is 0 Å². The van der Waals surface area contributed by atoms with Gasteiger partial charge in [0.05, 0.1) is 30.5 Å². The second kappa shape index (κ2) is 6.57. The number of carbonyl (C=O) groups excluding carboxylic acids is 1. The van der Waals surface area contributed by atoms with Crippen LogP contribution in [0.3, 0.4) is 0 Å². The van der Waals surface area contributed by atoms with Gasteiger partial charge >= 0.3 is 0 Å². The van der Waals surface area contributed by atoms with Gasteiger partial charge in [-0.05, 0) is 25.0 Å². The van der Waals surface area contributed by atoms with Crippen LogP contribution >= 0.6 is 0 Å². The SMILES string of the molecule is Cc1cocc1C(=O)N[C@H]1CCOC[C@H]1Nc1ccncn1. The Bertz CT molecular complexity index is 629. The molecule has 0 radical (unpaired) electrons. The largest absolute Gasteiger partial charge is 0.471 e. The van der Waals surface area contributed by atoms with Crippen LogP contribution in [0.4, 0.5) is 5.82 Å². The molecule has 0 aliphatic carbocycles. The fourth-order valence-electron chi connectivity index (χ4n) is 2.46. The summed E-state index contributed by atoms with van der Waals surface area (Å²) in [4.78, 5) is 20.4. The van der Waals surface area contributed by atoms with E-state index in [2.05, 4.69) is 20.6 Å². The third-order valence-corrected chi connectivity index (χ3v) is 3.69. The van der Waals surface area contributed by atoms with Gasteiger partial charge in [-0.2, -0.15) is 0 Å². The molecule has 2 aromatic rings. The molecule has 0 unspecified atom stereocenters. The van der Waals surface area contributed by atoms with Crippen molar-refractivity contribution < 1.29 is 13.9 Å². The number of nitrogens with one attached hydrogen (secondary N) is 2. The van der Waals surface area contributed by atoms with Crippen LogP contribution in [0.1, 0.15) is 22.3 Å². The minimum absolute atomic E-state index is 0.0366. The normalized spacial score (nSPS) is 21.3. The van der Waals surface area contributed by atoms with E-state index in [4.69, 9.17) is 9.15 Å². The zero-order valence-electron chi connectivity index (χ0n) is 12.3. The quantitative estimate of drug-likeness (QED) is 0.887. The van der Waals surface area contributed by atoms with E-state index in [1.807, 2.05) is 6.92 Å². The number of anilines is 1. The number of rotatable bonds is 4. The Hall–Kier alpha value is -2.41. The fourth-order valence-corrected chi connectivity index (χ4v) is 2.46. The third kappa shape index (κ3) is 3.25. The van der Waals surface area contributed by atoms with Crippen molar-refractivity contribution >= 4 is 11.7 Å². The molecule has 0 spiro atoms. The molecule has 0 saturated carbocycles. The maximum absolute atomic E-state index is 12.3. The zero-order chi connectivity index (χ0) is 15.4. The van der Waals surface area contributed by atoms with Gasteiger partial charge in [-0.15, -0.1) is 0 Å². The van der Waals surface area contributed by atoms with Crippen molar-refractivity contribution in [1.82, 2.24) is 15.3 Å². The van der Waals surface area contributed by atoms with E-state index in [9.17, 15) is 4.79 Å². The number of amides is 1. The highest BCUT2D eigenvalue weighted by molar-refractivity contribution is 5.95. The molecular formula is C15H18N4O3. The molecule has 2 N–H and O–H groups in total. The topological polar surface area (TPSA) is 89.3 Å². The van der Waals surface area contributed by atoms with Gasteiger partial charge in [0, 0.05) is 12.8 Å². The highest BCUT2D eigenvalue weighted by Crippen LogP contribution is 2.15. The minimum Gasteiger partial charge on any atom is -0.471 e. The Kier molecular flexibility index (Phi) is 4.34. The Balaban J connectivity index is 1.67. The molecule has 7 heteroatoms. The lowest BCUT2D eigenvalue weighted by atomic mass is 10.0. The summed E-state index contributed by atoms with van der Waals surface area (Å²) >= 11 is 0. The van der Waals surface area contributed by atoms with Crippen molar-refractivity contribution in [2.45, 2.75) is 25.4 Å². The average molecular weight is 302 g/mol. The van der Waals surface area contributed by atoms with Crippen LogP contribution in [0.15, 0.2) is 35.5 Å². The molecule has 3 heterocycles. The molecular weight excluding hydrogens is 284 g/mol. The number of nitrogens with zero attached hydrogens (tertiary/aromatic N) is 2. The summed E-state index contributed by atoms with van der Waals surface area (Å²) in [6, 6.07) is 1.71. The Morgan fingerprint density at radius 3 is 3.00 bits per heavy atom. The standard InChI is InChI=1S/C15H18N4O3/c1-10-6-22-7-11(10)15(20)19-12-3-5-21-8-13(12)18-14-2-4-16-9-17-14/h2,4,6-7,9,12-13H,3,5,8H2,1H3,(H,19,20)(H,16,17,18)/t12-,13+/m0/s1. The molecule has 1 aliphatic heterocycles. The third-order valence-electron chi connectivity index (χ3n) is 3.69. The first-order valence-corrected chi connectivity index (χ1v) is 7.18. The number of hydrogen-bond donors (Lipinski definition) is 2. The van der Waals surface area contributed by atoms with Crippen molar-refractivity contribution in [2.75, 3.05) is 18.5 Å². The summed E-state index contributed by atoms with van der Waals surface area (Å²) in [6.07, 6.45) is 6.92. The van der Waals surface area contributed by atoms with Gasteiger partial charge in [-0.3, -0.25) is 4.79 Å². The maximum Gasteiger partial charge on any atom is 0.255 e. The monoisotopic (exact) mass is 302 g/mol. The van der Waals surface area contributed by atoms with Crippen molar-refractivity contribution in [3.8, 4) is 0 Å². The molecule has 1 amide bonds. The van der Waals surface area contributed by atoms with Gasteiger partial charge in [0.25, 0.3) is 5.91 Å². The lowest BCUT2D eigenvalue weighted by Crippen LogP contribution is -2.52. The van der Waals surface area contributed by atoms with E-state index < -0.39 is 0 Å². The molecule has 0 bridgehead atoms. The number of ether oxygens (including phenoxy) is 1. The molecule has 1 saturated heterocycles. The number of hydrogen-bond acceptors (Lipinski definition) is 6. The Morgan fingerprint density at radius 1 is 1.36 bits per heavy atom. The van der Waals surface area contributed by atoms with E-state index in [-0.39, 0.29) is 18.0 Å². The number of furan rings is 1. The van der Waals surface area contributed by atoms with Crippen LogP contribution in [-0.2, 0) is 4.74 Å². The summed E-state index contributed by atoms with van der Waals surface area (Å²) in [5, 5.41) is 6.33. The predicted molar refractivity (Wildman–Crippen MR) is 79.6 cm³/mol. The fraction of sp³-hybridized carbons (Fsp3) is 0.400. The second-order valence-electron chi connectivity index (χ2n) is 5.26. The van der Waals surface area contributed by atoms with Gasteiger partial charge in [-0.1, -0.05) is 0 Å². The van der Waals surface area contributed by atoms with Gasteiger partial charge in [0.2, 0.25) is 0 Å². The zero-order valence-corrected chi connectivity index (χ0v) is 12.3. The molecule has 116 valence electrons. The molecule has 22 heavy (non-hydrogen) atoms. The first kappa shape index (κ1) is 14.5. The van der Waals surface area contributed by atoms with E-state index in [1.54, 1.807) is 18.5 Å². The Morgan fingerprint density at radius 2 is 2.27 bits per heavy atom. The van der Waals surface area contributed by atoms with Crippen molar-refractivity contribution in [3.63, 3.8) is 0 Å². The molecule has 1 aliphatic rings. The van der Waals surface area contributed by atoms with E-state index >= 15 is 0 Å². The lowest BCUT2D eigenvalue weighted by Gasteiger charge is -2.33. The lowest BCUT2D eigenvalue weighted by molar-refractivity contribution is 0.0619. The second-order valence-corrected chi connectivity index (χ2v) is 5.26. The summed E-state index contributed by atoms with van der Waals surface area (Å²) in [5.41, 5.74) is 1.39. The average Bonchev–Trinajstić information content (AvgIpc) is 2.96. The first-order chi connectivity index (χ1) is 10.7. The highest BCUT2D eigenvalue weighted by Gasteiger charge is 2.28. The van der Waals surface area contributed by atoms with Crippen molar-refractivity contribution in [1.29, 1.82) is 0 Å². The van der Waals surface area contributed by atoms with Gasteiger partial charge in [0.1, 0.15) is 18.4 Å². The van der Waals surface area contributed by atoms with E-state index in [0.717, 1.165) is 12.0 Å². The molecule has 3 rings (SSSR count). The van der Waals surface area contributed by atoms with Crippen LogP contribution < -0.4 is 10.6 Å². The summed E-state index contributed by atoms with van der Waals surface area (Å²) < 4.78 is 10.6. The van der Waals surface area contributed by atoms with Crippen LogP contribution in [0, 0.1) is 6.92 Å². The van der Waals surface area contributed by atoms with Crippen LogP contribution in [0.2, 0.25) is 0 Å². The molecule has 2 aromatic heterocycles. The van der Waals surface area contributed by atoms with Crippen LogP contribution in [-0.4, -0.2) is 41.2 Å². The summed E-state index contributed by atoms with van der Waals surface area (Å²) in [7, 11) is 0. The molecule has 7 nitrogen and oxygen atoms in total. The van der Waals surface area contributed by atoms with Gasteiger partial charge < -0.3 is 19.8 Å². The smallest absolute Gasteiger partial charge is 0.255 e. The summed E-state index contributed by atoms with van der Waals surface area (Å²) in [5.74, 6) is 0.580. The Labute approximate surface area is 128 Å².